The Morgan fingerprint density at radius 3 is 2.22 bits per heavy atom. The van der Waals surface area contributed by atoms with Crippen LogP contribution in [0.3, 0.4) is 0 Å². The van der Waals surface area contributed by atoms with Gasteiger partial charge in [-0.15, -0.1) is 0 Å². The Kier molecular flexibility index (Phi) is 5.60. The molecule has 142 valence electrons. The summed E-state index contributed by atoms with van der Waals surface area (Å²) in [7, 11) is -3.77. The molecule has 0 spiro atoms. The van der Waals surface area contributed by atoms with E-state index in [1.807, 2.05) is 38.1 Å². The largest absolute Gasteiger partial charge is 0.367 e. The van der Waals surface area contributed by atoms with Crippen molar-refractivity contribution in [3.05, 3.63) is 53.6 Å². The number of fused-ring (bicyclic) bond motifs is 1. The molecule has 3 rings (SSSR count). The highest BCUT2D eigenvalue weighted by molar-refractivity contribution is 7.92. The van der Waals surface area contributed by atoms with Crippen LogP contribution >= 0.6 is 0 Å². The summed E-state index contributed by atoms with van der Waals surface area (Å²) in [6.45, 7) is 6.63. The molecule has 27 heavy (non-hydrogen) atoms. The highest BCUT2D eigenvalue weighted by Crippen LogP contribution is 2.25. The van der Waals surface area contributed by atoms with Crippen molar-refractivity contribution in [2.24, 2.45) is 0 Å². The monoisotopic (exact) mass is 384 g/mol. The van der Waals surface area contributed by atoms with E-state index in [1.54, 1.807) is 18.2 Å². The number of nitrogens with zero attached hydrogens (tertiary/aromatic N) is 2. The molecule has 0 fully saturated rings. The zero-order chi connectivity index (χ0) is 19.4. The number of hydrogen-bond donors (Lipinski definition) is 2. The Balaban J connectivity index is 2.00. The third-order valence-corrected chi connectivity index (χ3v) is 5.75. The van der Waals surface area contributed by atoms with Crippen LogP contribution in [0.2, 0.25) is 0 Å². The maximum atomic E-state index is 12.9. The SMILES string of the molecule is CCCCNc1nc2ccccc2nc1NS(=O)(=O)c1ccc(C)c(C)c1. The second-order valence-electron chi connectivity index (χ2n) is 6.54. The number of nitrogens with one attached hydrogen (secondary N) is 2. The van der Waals surface area contributed by atoms with Crippen LogP contribution in [0.1, 0.15) is 30.9 Å². The minimum Gasteiger partial charge on any atom is -0.367 e. The highest BCUT2D eigenvalue weighted by atomic mass is 32.2. The van der Waals surface area contributed by atoms with Gasteiger partial charge in [0.15, 0.2) is 11.6 Å². The Morgan fingerprint density at radius 1 is 0.926 bits per heavy atom. The fourth-order valence-corrected chi connectivity index (χ4v) is 3.74. The molecule has 3 aromatic rings. The van der Waals surface area contributed by atoms with Crippen molar-refractivity contribution in [2.75, 3.05) is 16.6 Å². The number of hydrogen-bond acceptors (Lipinski definition) is 5. The van der Waals surface area contributed by atoms with E-state index in [-0.39, 0.29) is 10.7 Å². The van der Waals surface area contributed by atoms with Gasteiger partial charge in [0.2, 0.25) is 0 Å². The van der Waals surface area contributed by atoms with E-state index in [0.717, 1.165) is 24.0 Å². The Hall–Kier alpha value is -2.67. The van der Waals surface area contributed by atoms with E-state index in [0.29, 0.717) is 23.4 Å². The summed E-state index contributed by atoms with van der Waals surface area (Å²) in [5, 5.41) is 3.20. The van der Waals surface area contributed by atoms with Crippen molar-refractivity contribution in [3.8, 4) is 0 Å². The Labute approximate surface area is 160 Å². The van der Waals surface area contributed by atoms with Crippen LogP contribution < -0.4 is 10.0 Å². The molecule has 1 heterocycles. The molecular formula is C20H24N4O2S. The van der Waals surface area contributed by atoms with Gasteiger partial charge in [0, 0.05) is 6.54 Å². The van der Waals surface area contributed by atoms with Crippen molar-refractivity contribution in [1.29, 1.82) is 0 Å². The zero-order valence-corrected chi connectivity index (χ0v) is 16.6. The van der Waals surface area contributed by atoms with Crippen molar-refractivity contribution in [1.82, 2.24) is 9.97 Å². The Morgan fingerprint density at radius 2 is 1.59 bits per heavy atom. The number of aromatic nitrogens is 2. The van der Waals surface area contributed by atoms with Crippen molar-refractivity contribution >= 4 is 32.7 Å². The van der Waals surface area contributed by atoms with Crippen LogP contribution in [0.4, 0.5) is 11.6 Å². The third-order valence-electron chi connectivity index (χ3n) is 4.41. The maximum absolute atomic E-state index is 12.9. The summed E-state index contributed by atoms with van der Waals surface area (Å²) in [6.07, 6.45) is 1.98. The smallest absolute Gasteiger partial charge is 0.263 e. The molecule has 0 aliphatic carbocycles. The molecule has 1 aromatic heterocycles. The average Bonchev–Trinajstić information content (AvgIpc) is 2.64. The van der Waals surface area contributed by atoms with Gasteiger partial charge in [-0.05, 0) is 55.7 Å². The molecule has 0 aliphatic heterocycles. The molecule has 0 saturated carbocycles. The molecule has 0 bridgehead atoms. The number of unbranched alkanes of at least 4 members (excludes halogenated alkanes) is 1. The second-order valence-corrected chi connectivity index (χ2v) is 8.22. The normalized spacial score (nSPS) is 11.5. The highest BCUT2D eigenvalue weighted by Gasteiger charge is 2.19. The van der Waals surface area contributed by atoms with Gasteiger partial charge in [0.25, 0.3) is 10.0 Å². The van der Waals surface area contributed by atoms with E-state index in [2.05, 4.69) is 26.9 Å². The molecule has 0 aliphatic rings. The lowest BCUT2D eigenvalue weighted by molar-refractivity contribution is 0.601. The molecule has 0 radical (unpaired) electrons. The van der Waals surface area contributed by atoms with Gasteiger partial charge < -0.3 is 5.32 Å². The van der Waals surface area contributed by atoms with Crippen LogP contribution in [0.5, 0.6) is 0 Å². The number of para-hydroxylation sites is 2. The van der Waals surface area contributed by atoms with Crippen molar-refractivity contribution in [3.63, 3.8) is 0 Å². The fraction of sp³-hybridized carbons (Fsp3) is 0.300. The number of sulfonamides is 1. The van der Waals surface area contributed by atoms with E-state index in [1.165, 1.54) is 0 Å². The predicted octanol–water partition coefficient (Wildman–Crippen LogP) is 4.26. The first-order chi connectivity index (χ1) is 12.9. The molecule has 2 aromatic carbocycles. The maximum Gasteiger partial charge on any atom is 0.263 e. The first kappa shape index (κ1) is 19.1. The molecule has 6 nitrogen and oxygen atoms in total. The van der Waals surface area contributed by atoms with E-state index in [9.17, 15) is 8.42 Å². The number of anilines is 2. The minimum atomic E-state index is -3.77. The second kappa shape index (κ2) is 7.92. The number of rotatable bonds is 7. The zero-order valence-electron chi connectivity index (χ0n) is 15.8. The van der Waals surface area contributed by atoms with E-state index in [4.69, 9.17) is 0 Å². The number of benzene rings is 2. The molecule has 0 amide bonds. The quantitative estimate of drug-likeness (QED) is 0.595. The minimum absolute atomic E-state index is 0.208. The summed E-state index contributed by atoms with van der Waals surface area (Å²) in [4.78, 5) is 9.25. The summed E-state index contributed by atoms with van der Waals surface area (Å²) < 4.78 is 28.4. The summed E-state index contributed by atoms with van der Waals surface area (Å²) in [5.74, 6) is 0.651. The van der Waals surface area contributed by atoms with Gasteiger partial charge in [0.05, 0.1) is 15.9 Å². The standard InChI is InChI=1S/C20H24N4O2S/c1-4-5-12-21-19-20(23-18-9-7-6-8-17(18)22-19)24-27(25,26)16-11-10-14(2)15(3)13-16/h6-11,13H,4-5,12H2,1-3H3,(H,21,22)(H,23,24). The van der Waals surface area contributed by atoms with Gasteiger partial charge in [-0.2, -0.15) is 0 Å². The van der Waals surface area contributed by atoms with Crippen LogP contribution in [0.25, 0.3) is 11.0 Å². The van der Waals surface area contributed by atoms with Crippen molar-refractivity contribution in [2.45, 2.75) is 38.5 Å². The third kappa shape index (κ3) is 4.36. The first-order valence-corrected chi connectivity index (χ1v) is 10.5. The van der Waals surface area contributed by atoms with Crippen molar-refractivity contribution < 1.29 is 8.42 Å². The lowest BCUT2D eigenvalue weighted by Gasteiger charge is -2.14. The van der Waals surface area contributed by atoms with Gasteiger partial charge >= 0.3 is 0 Å². The fourth-order valence-electron chi connectivity index (χ4n) is 2.65. The molecule has 2 N–H and O–H groups in total. The summed E-state index contributed by atoms with van der Waals surface area (Å²) in [5.41, 5.74) is 3.31. The van der Waals surface area contributed by atoms with Gasteiger partial charge in [-0.25, -0.2) is 18.4 Å². The van der Waals surface area contributed by atoms with Crippen LogP contribution in [-0.2, 0) is 10.0 Å². The molecule has 0 atom stereocenters. The lowest BCUT2D eigenvalue weighted by Crippen LogP contribution is -2.17. The average molecular weight is 385 g/mol. The summed E-state index contributed by atoms with van der Waals surface area (Å²) in [6, 6.07) is 12.5. The van der Waals surface area contributed by atoms with E-state index < -0.39 is 10.0 Å². The predicted molar refractivity (Wildman–Crippen MR) is 110 cm³/mol. The van der Waals surface area contributed by atoms with Crippen LogP contribution in [0.15, 0.2) is 47.4 Å². The number of aryl methyl sites for hydroxylation is 2. The molecule has 7 heteroatoms. The van der Waals surface area contributed by atoms with Crippen LogP contribution in [0, 0.1) is 13.8 Å². The molecular weight excluding hydrogens is 360 g/mol. The van der Waals surface area contributed by atoms with Gasteiger partial charge in [-0.1, -0.05) is 31.5 Å². The molecule has 0 saturated heterocycles. The summed E-state index contributed by atoms with van der Waals surface area (Å²) >= 11 is 0. The van der Waals surface area contributed by atoms with Crippen LogP contribution in [-0.4, -0.2) is 24.9 Å². The van der Waals surface area contributed by atoms with Gasteiger partial charge in [-0.3, -0.25) is 4.72 Å². The lowest BCUT2D eigenvalue weighted by atomic mass is 10.1. The first-order valence-electron chi connectivity index (χ1n) is 9.01. The van der Waals surface area contributed by atoms with Gasteiger partial charge in [0.1, 0.15) is 0 Å². The topological polar surface area (TPSA) is 84.0 Å². The Bertz CT molecular complexity index is 1060. The molecule has 0 unspecified atom stereocenters. The van der Waals surface area contributed by atoms with E-state index >= 15 is 0 Å².